The second-order valence-corrected chi connectivity index (χ2v) is 5.36. The molecule has 1 rings (SSSR count). The van der Waals surface area contributed by atoms with E-state index in [9.17, 15) is 4.79 Å². The van der Waals surface area contributed by atoms with Gasteiger partial charge in [0.15, 0.2) is 0 Å². The van der Waals surface area contributed by atoms with Crippen LogP contribution in [-0.4, -0.2) is 24.6 Å². The standard InChI is InChI=1S/C15H24N2O2/c1-6-17(7-2)13-10-8-12(9-11-13)14(18)16-19-15(3,4)5/h8-11H,6-7H2,1-5H3,(H,16,18). The van der Waals surface area contributed by atoms with Crippen molar-refractivity contribution in [2.24, 2.45) is 0 Å². The third-order valence-corrected chi connectivity index (χ3v) is 2.71. The fourth-order valence-corrected chi connectivity index (χ4v) is 1.67. The molecule has 106 valence electrons. The van der Waals surface area contributed by atoms with Crippen molar-refractivity contribution in [1.82, 2.24) is 5.48 Å². The highest BCUT2D eigenvalue weighted by atomic mass is 16.7. The Kier molecular flexibility index (Phi) is 5.36. The zero-order valence-electron chi connectivity index (χ0n) is 12.5. The predicted molar refractivity (Wildman–Crippen MR) is 78.3 cm³/mol. The van der Waals surface area contributed by atoms with Gasteiger partial charge in [-0.05, 0) is 58.9 Å². The highest BCUT2D eigenvalue weighted by molar-refractivity contribution is 5.93. The molecular formula is C15H24N2O2. The van der Waals surface area contributed by atoms with Gasteiger partial charge >= 0.3 is 0 Å². The van der Waals surface area contributed by atoms with Gasteiger partial charge in [-0.3, -0.25) is 9.63 Å². The van der Waals surface area contributed by atoms with Crippen LogP contribution in [0.2, 0.25) is 0 Å². The number of nitrogens with zero attached hydrogens (tertiary/aromatic N) is 1. The fourth-order valence-electron chi connectivity index (χ4n) is 1.67. The molecule has 0 aliphatic carbocycles. The van der Waals surface area contributed by atoms with E-state index in [0.29, 0.717) is 5.56 Å². The second-order valence-electron chi connectivity index (χ2n) is 5.36. The summed E-state index contributed by atoms with van der Waals surface area (Å²) in [6.45, 7) is 11.8. The van der Waals surface area contributed by atoms with Crippen LogP contribution in [0.1, 0.15) is 45.0 Å². The molecule has 0 radical (unpaired) electrons. The number of hydroxylamine groups is 1. The zero-order valence-corrected chi connectivity index (χ0v) is 12.5. The van der Waals surface area contributed by atoms with E-state index in [4.69, 9.17) is 4.84 Å². The Balaban J connectivity index is 2.68. The van der Waals surface area contributed by atoms with E-state index in [-0.39, 0.29) is 5.91 Å². The van der Waals surface area contributed by atoms with E-state index in [0.717, 1.165) is 18.8 Å². The average Bonchev–Trinajstić information content (AvgIpc) is 2.37. The molecule has 0 bridgehead atoms. The minimum atomic E-state index is -0.392. The number of anilines is 1. The van der Waals surface area contributed by atoms with Gasteiger partial charge in [-0.25, -0.2) is 5.48 Å². The number of carbonyl (C=O) groups is 1. The zero-order chi connectivity index (χ0) is 14.5. The number of hydrogen-bond donors (Lipinski definition) is 1. The van der Waals surface area contributed by atoms with Crippen LogP contribution in [0, 0.1) is 0 Å². The molecule has 0 aromatic heterocycles. The van der Waals surface area contributed by atoms with Gasteiger partial charge in [0.1, 0.15) is 0 Å². The van der Waals surface area contributed by atoms with Gasteiger partial charge in [0.2, 0.25) is 0 Å². The molecule has 4 nitrogen and oxygen atoms in total. The monoisotopic (exact) mass is 264 g/mol. The molecule has 0 saturated heterocycles. The summed E-state index contributed by atoms with van der Waals surface area (Å²) in [5.41, 5.74) is 3.79. The summed E-state index contributed by atoms with van der Waals surface area (Å²) in [6.07, 6.45) is 0. The maximum absolute atomic E-state index is 11.9. The van der Waals surface area contributed by atoms with Crippen molar-refractivity contribution in [3.8, 4) is 0 Å². The molecule has 4 heteroatoms. The van der Waals surface area contributed by atoms with Gasteiger partial charge in [-0.15, -0.1) is 0 Å². The van der Waals surface area contributed by atoms with E-state index in [2.05, 4.69) is 24.2 Å². The molecule has 0 fully saturated rings. The van der Waals surface area contributed by atoms with Crippen LogP contribution in [0.4, 0.5) is 5.69 Å². The third-order valence-electron chi connectivity index (χ3n) is 2.71. The molecule has 1 aromatic rings. The van der Waals surface area contributed by atoms with Crippen molar-refractivity contribution in [2.45, 2.75) is 40.2 Å². The Bertz CT molecular complexity index is 403. The van der Waals surface area contributed by atoms with E-state index in [1.807, 2.05) is 45.0 Å². The Morgan fingerprint density at radius 3 is 2.11 bits per heavy atom. The maximum atomic E-state index is 11.9. The van der Waals surface area contributed by atoms with Crippen molar-refractivity contribution in [2.75, 3.05) is 18.0 Å². The van der Waals surface area contributed by atoms with Crippen LogP contribution in [0.15, 0.2) is 24.3 Å². The van der Waals surface area contributed by atoms with Crippen LogP contribution < -0.4 is 10.4 Å². The first kappa shape index (κ1) is 15.5. The van der Waals surface area contributed by atoms with Gasteiger partial charge < -0.3 is 4.90 Å². The van der Waals surface area contributed by atoms with Crippen LogP contribution in [0.5, 0.6) is 0 Å². The lowest BCUT2D eigenvalue weighted by atomic mass is 10.2. The number of benzene rings is 1. The van der Waals surface area contributed by atoms with Gasteiger partial charge in [-0.1, -0.05) is 0 Å². The number of carbonyl (C=O) groups excluding carboxylic acids is 1. The highest BCUT2D eigenvalue weighted by Gasteiger charge is 2.14. The van der Waals surface area contributed by atoms with Crippen molar-refractivity contribution in [1.29, 1.82) is 0 Å². The molecule has 0 saturated carbocycles. The summed E-state index contributed by atoms with van der Waals surface area (Å²) < 4.78 is 0. The lowest BCUT2D eigenvalue weighted by molar-refractivity contribution is -0.0589. The smallest absolute Gasteiger partial charge is 0.274 e. The van der Waals surface area contributed by atoms with Crippen LogP contribution in [0.3, 0.4) is 0 Å². The first-order valence-electron chi connectivity index (χ1n) is 6.70. The Hall–Kier alpha value is -1.55. The first-order chi connectivity index (χ1) is 8.87. The van der Waals surface area contributed by atoms with E-state index >= 15 is 0 Å². The molecule has 0 heterocycles. The van der Waals surface area contributed by atoms with Crippen molar-refractivity contribution < 1.29 is 9.63 Å². The van der Waals surface area contributed by atoms with Gasteiger partial charge in [0.05, 0.1) is 5.60 Å². The Morgan fingerprint density at radius 1 is 1.16 bits per heavy atom. The SMILES string of the molecule is CCN(CC)c1ccc(C(=O)NOC(C)(C)C)cc1. The lowest BCUT2D eigenvalue weighted by Gasteiger charge is -2.21. The summed E-state index contributed by atoms with van der Waals surface area (Å²) in [5.74, 6) is -0.221. The summed E-state index contributed by atoms with van der Waals surface area (Å²) >= 11 is 0. The molecule has 19 heavy (non-hydrogen) atoms. The van der Waals surface area contributed by atoms with Crippen LogP contribution in [0.25, 0.3) is 0 Å². The minimum Gasteiger partial charge on any atom is -0.372 e. The number of amides is 1. The Morgan fingerprint density at radius 2 is 1.68 bits per heavy atom. The quantitative estimate of drug-likeness (QED) is 0.831. The molecule has 0 aliphatic heterocycles. The molecule has 1 amide bonds. The topological polar surface area (TPSA) is 41.6 Å². The van der Waals surface area contributed by atoms with E-state index < -0.39 is 5.60 Å². The number of nitrogens with one attached hydrogen (secondary N) is 1. The van der Waals surface area contributed by atoms with Crippen molar-refractivity contribution in [3.05, 3.63) is 29.8 Å². The minimum absolute atomic E-state index is 0.221. The van der Waals surface area contributed by atoms with Gasteiger partial charge in [-0.2, -0.15) is 0 Å². The number of hydrogen-bond acceptors (Lipinski definition) is 3. The molecular weight excluding hydrogens is 240 g/mol. The predicted octanol–water partition coefficient (Wildman–Crippen LogP) is 2.99. The third kappa shape index (κ3) is 4.91. The van der Waals surface area contributed by atoms with E-state index in [1.54, 1.807) is 0 Å². The van der Waals surface area contributed by atoms with Crippen molar-refractivity contribution in [3.63, 3.8) is 0 Å². The molecule has 0 spiro atoms. The number of rotatable bonds is 5. The Labute approximate surface area is 115 Å². The molecule has 0 aliphatic rings. The summed E-state index contributed by atoms with van der Waals surface area (Å²) in [6, 6.07) is 7.54. The summed E-state index contributed by atoms with van der Waals surface area (Å²) in [5, 5.41) is 0. The molecule has 1 N–H and O–H groups in total. The molecule has 0 atom stereocenters. The largest absolute Gasteiger partial charge is 0.372 e. The maximum Gasteiger partial charge on any atom is 0.274 e. The van der Waals surface area contributed by atoms with Gasteiger partial charge in [0, 0.05) is 24.3 Å². The molecule has 1 aromatic carbocycles. The first-order valence-corrected chi connectivity index (χ1v) is 6.70. The fraction of sp³-hybridized carbons (Fsp3) is 0.533. The normalized spacial score (nSPS) is 11.2. The average molecular weight is 264 g/mol. The second kappa shape index (κ2) is 6.57. The lowest BCUT2D eigenvalue weighted by Crippen LogP contribution is -2.33. The molecule has 0 unspecified atom stereocenters. The van der Waals surface area contributed by atoms with Crippen LogP contribution in [-0.2, 0) is 4.84 Å². The summed E-state index contributed by atoms with van der Waals surface area (Å²) in [4.78, 5) is 19.3. The summed E-state index contributed by atoms with van der Waals surface area (Å²) in [7, 11) is 0. The van der Waals surface area contributed by atoms with Crippen LogP contribution >= 0.6 is 0 Å². The van der Waals surface area contributed by atoms with Gasteiger partial charge in [0.25, 0.3) is 5.91 Å². The van der Waals surface area contributed by atoms with Crippen molar-refractivity contribution >= 4 is 11.6 Å². The highest BCUT2D eigenvalue weighted by Crippen LogP contribution is 2.15. The van der Waals surface area contributed by atoms with E-state index in [1.165, 1.54) is 0 Å².